The van der Waals surface area contributed by atoms with Gasteiger partial charge >= 0.3 is 5.97 Å². The van der Waals surface area contributed by atoms with Crippen molar-refractivity contribution in [1.82, 2.24) is 0 Å². The van der Waals surface area contributed by atoms with E-state index in [-0.39, 0.29) is 6.42 Å². The molecule has 0 fully saturated rings. The third kappa shape index (κ3) is 16.9. The van der Waals surface area contributed by atoms with Crippen molar-refractivity contribution in [2.45, 2.75) is 70.4 Å². The second-order valence-corrected chi connectivity index (χ2v) is 6.20. The average molecular weight is 376 g/mol. The van der Waals surface area contributed by atoms with Gasteiger partial charge < -0.3 is 10.2 Å². The molecule has 0 saturated heterocycles. The first kappa shape index (κ1) is 24.7. The first-order valence-corrected chi connectivity index (χ1v) is 9.64. The lowest BCUT2D eigenvalue weighted by Gasteiger charge is -2.12. The molecule has 0 radical (unpaired) electrons. The molecule has 0 aromatic rings. The highest BCUT2D eigenvalue weighted by atomic mass is 16.4. The van der Waals surface area contributed by atoms with E-state index in [9.17, 15) is 14.8 Å². The predicted octanol–water partition coefficient (Wildman–Crippen LogP) is 5.49. The molecule has 0 aliphatic heterocycles. The fourth-order valence-corrected chi connectivity index (χ4v) is 2.25. The normalized spacial score (nSPS) is 14.9. The van der Waals surface area contributed by atoms with Crippen LogP contribution in [0.5, 0.6) is 0 Å². The molecule has 0 aromatic carbocycles. The van der Waals surface area contributed by atoms with Crippen LogP contribution in [0.2, 0.25) is 0 Å². The number of carbonyl (C=O) groups is 1. The molecule has 0 aliphatic rings. The van der Waals surface area contributed by atoms with Gasteiger partial charge in [-0.15, -0.1) is 0 Å². The van der Waals surface area contributed by atoms with E-state index in [2.05, 4.69) is 12.1 Å². The standard InChI is InChI=1S/C22H33NO4/c1-2-3-14-17-20(23-27)21(24)18-15-12-10-8-6-4-5-7-9-11-13-16-19-22(25)26/h5-8,10-13,15,18,20-21,24H,2-4,9,14,16-17,19H2,1H3,(H,25,26)/b7-5-,8-6-,12-10-,13-11-,18-15+/t20?,21-/m0/s1. The summed E-state index contributed by atoms with van der Waals surface area (Å²) in [4.78, 5) is 21.1. The van der Waals surface area contributed by atoms with Gasteiger partial charge in [0, 0.05) is 6.42 Å². The molecular weight excluding hydrogens is 342 g/mol. The van der Waals surface area contributed by atoms with E-state index in [1.54, 1.807) is 12.2 Å². The number of unbranched alkanes of at least 4 members (excludes halogenated alkanes) is 2. The van der Waals surface area contributed by atoms with Gasteiger partial charge in [0.15, 0.2) is 0 Å². The third-order valence-corrected chi connectivity index (χ3v) is 3.81. The molecule has 5 nitrogen and oxygen atoms in total. The molecule has 2 N–H and O–H groups in total. The van der Waals surface area contributed by atoms with E-state index in [0.29, 0.717) is 12.8 Å². The Morgan fingerprint density at radius 3 is 2.30 bits per heavy atom. The zero-order valence-electron chi connectivity index (χ0n) is 16.2. The van der Waals surface area contributed by atoms with E-state index in [4.69, 9.17) is 5.11 Å². The maximum absolute atomic E-state index is 10.8. The van der Waals surface area contributed by atoms with Crippen LogP contribution < -0.4 is 0 Å². The molecule has 0 amide bonds. The van der Waals surface area contributed by atoms with E-state index in [1.165, 1.54) is 0 Å². The second-order valence-electron chi connectivity index (χ2n) is 6.20. The number of rotatable bonds is 16. The fraction of sp³-hybridized carbons (Fsp3) is 0.500. The zero-order chi connectivity index (χ0) is 20.2. The van der Waals surface area contributed by atoms with Crippen LogP contribution in [0.3, 0.4) is 0 Å². The Morgan fingerprint density at radius 2 is 1.63 bits per heavy atom. The minimum Gasteiger partial charge on any atom is -0.481 e. The third-order valence-electron chi connectivity index (χ3n) is 3.81. The van der Waals surface area contributed by atoms with Gasteiger partial charge in [0.05, 0.1) is 6.10 Å². The van der Waals surface area contributed by atoms with Crippen LogP contribution in [0.25, 0.3) is 0 Å². The lowest BCUT2D eigenvalue weighted by molar-refractivity contribution is -0.136. The SMILES string of the molecule is CCCCCC(N=O)[C@@H](O)/C=C/C=C\C=C/C/C=C\C/C=C\CCC(=O)O. The van der Waals surface area contributed by atoms with Crippen molar-refractivity contribution in [3.05, 3.63) is 65.7 Å². The lowest BCUT2D eigenvalue weighted by Crippen LogP contribution is -2.21. The Morgan fingerprint density at radius 1 is 0.963 bits per heavy atom. The summed E-state index contributed by atoms with van der Waals surface area (Å²) in [5, 5.41) is 21.5. The second kappa shape index (κ2) is 18.5. The van der Waals surface area contributed by atoms with Crippen LogP contribution in [-0.2, 0) is 4.79 Å². The van der Waals surface area contributed by atoms with Crippen molar-refractivity contribution in [3.8, 4) is 0 Å². The number of carboxylic acids is 1. The molecule has 0 heterocycles. The molecule has 1 unspecified atom stereocenters. The van der Waals surface area contributed by atoms with Crippen molar-refractivity contribution in [2.24, 2.45) is 5.18 Å². The van der Waals surface area contributed by atoms with Gasteiger partial charge in [-0.3, -0.25) is 4.79 Å². The molecule has 0 rings (SSSR count). The Bertz CT molecular complexity index is 532. The number of nitroso groups, excluding NO2 is 1. The molecule has 0 aromatic heterocycles. The summed E-state index contributed by atoms with van der Waals surface area (Å²) in [6.07, 6.45) is 24.0. The highest BCUT2D eigenvalue weighted by Crippen LogP contribution is 2.11. The van der Waals surface area contributed by atoms with Gasteiger partial charge in [-0.1, -0.05) is 92.1 Å². The highest BCUT2D eigenvalue weighted by Gasteiger charge is 2.16. The van der Waals surface area contributed by atoms with E-state index >= 15 is 0 Å². The molecule has 5 heteroatoms. The minimum absolute atomic E-state index is 0.173. The van der Waals surface area contributed by atoms with Crippen molar-refractivity contribution in [1.29, 1.82) is 0 Å². The van der Waals surface area contributed by atoms with Gasteiger partial charge in [-0.2, -0.15) is 4.91 Å². The number of hydrogen-bond acceptors (Lipinski definition) is 4. The largest absolute Gasteiger partial charge is 0.481 e. The number of allylic oxidation sites excluding steroid dienone is 9. The van der Waals surface area contributed by atoms with Crippen molar-refractivity contribution < 1.29 is 15.0 Å². The van der Waals surface area contributed by atoms with Crippen LogP contribution >= 0.6 is 0 Å². The predicted molar refractivity (Wildman–Crippen MR) is 112 cm³/mol. The number of hydrogen-bond donors (Lipinski definition) is 2. The van der Waals surface area contributed by atoms with Gasteiger partial charge in [0.1, 0.15) is 6.04 Å². The fourth-order valence-electron chi connectivity index (χ4n) is 2.25. The molecule has 0 spiro atoms. The summed E-state index contributed by atoms with van der Waals surface area (Å²) in [6.45, 7) is 2.09. The average Bonchev–Trinajstić information content (AvgIpc) is 2.65. The number of nitrogens with zero attached hydrogens (tertiary/aromatic N) is 1. The van der Waals surface area contributed by atoms with E-state index < -0.39 is 18.1 Å². The molecule has 150 valence electrons. The molecule has 0 bridgehead atoms. The summed E-state index contributed by atoms with van der Waals surface area (Å²) in [5.41, 5.74) is 0. The molecular formula is C22H33NO4. The quantitative estimate of drug-likeness (QED) is 0.162. The summed E-state index contributed by atoms with van der Waals surface area (Å²) >= 11 is 0. The van der Waals surface area contributed by atoms with Gasteiger partial charge in [-0.05, 0) is 25.7 Å². The first-order valence-electron chi connectivity index (χ1n) is 9.64. The number of aliphatic hydroxyl groups excluding tert-OH is 1. The number of aliphatic hydroxyl groups is 1. The Balaban J connectivity index is 3.93. The number of carboxylic acid groups (broad SMARTS) is 1. The van der Waals surface area contributed by atoms with Crippen LogP contribution in [-0.4, -0.2) is 28.3 Å². The molecule has 27 heavy (non-hydrogen) atoms. The summed E-state index contributed by atoms with van der Waals surface area (Å²) < 4.78 is 0. The van der Waals surface area contributed by atoms with E-state index in [1.807, 2.05) is 48.6 Å². The Hall–Kier alpha value is -2.27. The van der Waals surface area contributed by atoms with Crippen LogP contribution in [0.1, 0.15) is 58.3 Å². The summed E-state index contributed by atoms with van der Waals surface area (Å²) in [7, 11) is 0. The topological polar surface area (TPSA) is 87.0 Å². The lowest BCUT2D eigenvalue weighted by atomic mass is 10.0. The molecule has 0 aliphatic carbocycles. The smallest absolute Gasteiger partial charge is 0.303 e. The molecule has 0 saturated carbocycles. The van der Waals surface area contributed by atoms with E-state index in [0.717, 1.165) is 32.1 Å². The van der Waals surface area contributed by atoms with Crippen LogP contribution in [0.15, 0.2) is 65.9 Å². The maximum Gasteiger partial charge on any atom is 0.303 e. The van der Waals surface area contributed by atoms with Crippen LogP contribution in [0, 0.1) is 4.91 Å². The van der Waals surface area contributed by atoms with Gasteiger partial charge in [0.25, 0.3) is 0 Å². The first-order chi connectivity index (χ1) is 13.1. The summed E-state index contributed by atoms with van der Waals surface area (Å²) in [6, 6.07) is -0.569. The Labute approximate surface area is 162 Å². The maximum atomic E-state index is 10.8. The highest BCUT2D eigenvalue weighted by molar-refractivity contribution is 5.66. The van der Waals surface area contributed by atoms with Crippen molar-refractivity contribution in [3.63, 3.8) is 0 Å². The van der Waals surface area contributed by atoms with Crippen molar-refractivity contribution in [2.75, 3.05) is 0 Å². The van der Waals surface area contributed by atoms with Gasteiger partial charge in [-0.25, -0.2) is 0 Å². The number of aliphatic carboxylic acids is 1. The monoisotopic (exact) mass is 375 g/mol. The van der Waals surface area contributed by atoms with Crippen LogP contribution in [0.4, 0.5) is 0 Å². The summed E-state index contributed by atoms with van der Waals surface area (Å²) in [5.74, 6) is -0.773. The van der Waals surface area contributed by atoms with Gasteiger partial charge in [0.2, 0.25) is 0 Å². The zero-order valence-corrected chi connectivity index (χ0v) is 16.2. The minimum atomic E-state index is -0.834. The van der Waals surface area contributed by atoms with Crippen molar-refractivity contribution >= 4 is 5.97 Å². The Kier molecular flexibility index (Phi) is 17.0. The molecule has 2 atom stereocenters.